The molecule has 0 fully saturated rings. The van der Waals surface area contributed by atoms with Crippen molar-refractivity contribution in [2.75, 3.05) is 14.2 Å². The molecule has 2 rings (SSSR count). The van der Waals surface area contributed by atoms with Crippen LogP contribution in [0.5, 0.6) is 11.5 Å². The molecule has 1 heterocycles. The fraction of sp³-hybridized carbons (Fsp3) is 0.375. The van der Waals surface area contributed by atoms with Gasteiger partial charge in [-0.25, -0.2) is 0 Å². The normalized spacial score (nSPS) is 11.8. The predicted molar refractivity (Wildman–Crippen MR) is 83.3 cm³/mol. The number of ether oxygens (including phenoxy) is 2. The van der Waals surface area contributed by atoms with E-state index in [0.717, 1.165) is 12.2 Å². The molecular formula is C16H21N3O3. The van der Waals surface area contributed by atoms with Crippen LogP contribution in [0.4, 0.5) is 0 Å². The number of amides is 1. The number of carbonyl (C=O) groups excluding carboxylic acids is 1. The summed E-state index contributed by atoms with van der Waals surface area (Å²) < 4.78 is 12.3. The van der Waals surface area contributed by atoms with Crippen molar-refractivity contribution >= 4 is 5.91 Å². The fourth-order valence-electron chi connectivity index (χ4n) is 2.20. The number of rotatable bonds is 6. The summed E-state index contributed by atoms with van der Waals surface area (Å²) in [5.74, 6) is 0.694. The van der Waals surface area contributed by atoms with Crippen molar-refractivity contribution in [3.8, 4) is 11.5 Å². The first-order valence-corrected chi connectivity index (χ1v) is 7.15. The third kappa shape index (κ3) is 3.21. The van der Waals surface area contributed by atoms with Crippen LogP contribution in [-0.4, -0.2) is 29.9 Å². The van der Waals surface area contributed by atoms with Crippen LogP contribution < -0.4 is 14.8 Å². The van der Waals surface area contributed by atoms with Crippen molar-refractivity contribution in [3.63, 3.8) is 0 Å². The van der Waals surface area contributed by atoms with E-state index in [4.69, 9.17) is 9.47 Å². The van der Waals surface area contributed by atoms with Gasteiger partial charge < -0.3 is 14.8 Å². The Bertz CT molecular complexity index is 630. The van der Waals surface area contributed by atoms with Gasteiger partial charge in [0.05, 0.1) is 26.0 Å². The topological polar surface area (TPSA) is 65.4 Å². The molecule has 0 radical (unpaired) electrons. The second-order valence-electron chi connectivity index (χ2n) is 4.83. The fourth-order valence-corrected chi connectivity index (χ4v) is 2.20. The Morgan fingerprint density at radius 2 is 1.91 bits per heavy atom. The molecule has 0 aliphatic rings. The van der Waals surface area contributed by atoms with Crippen LogP contribution in [-0.2, 0) is 6.54 Å². The van der Waals surface area contributed by atoms with Gasteiger partial charge in [-0.05, 0) is 32.0 Å². The van der Waals surface area contributed by atoms with Crippen LogP contribution in [0.2, 0.25) is 0 Å². The Hall–Kier alpha value is -2.50. The lowest BCUT2D eigenvalue weighted by Crippen LogP contribution is -2.27. The largest absolute Gasteiger partial charge is 0.496 e. The van der Waals surface area contributed by atoms with Crippen LogP contribution in [0.3, 0.4) is 0 Å². The monoisotopic (exact) mass is 303 g/mol. The Balaban J connectivity index is 2.21. The Morgan fingerprint density at radius 3 is 2.41 bits per heavy atom. The molecule has 0 bridgehead atoms. The lowest BCUT2D eigenvalue weighted by Gasteiger charge is -2.16. The van der Waals surface area contributed by atoms with Gasteiger partial charge in [0, 0.05) is 12.7 Å². The number of carbonyl (C=O) groups is 1. The zero-order chi connectivity index (χ0) is 16.1. The number of aromatic nitrogens is 2. The average Bonchev–Trinajstić information content (AvgIpc) is 3.03. The van der Waals surface area contributed by atoms with Crippen molar-refractivity contribution < 1.29 is 14.3 Å². The van der Waals surface area contributed by atoms with Crippen LogP contribution >= 0.6 is 0 Å². The third-order valence-corrected chi connectivity index (χ3v) is 3.43. The maximum absolute atomic E-state index is 12.6. The number of nitrogens with one attached hydrogen (secondary N) is 1. The molecule has 1 unspecified atom stereocenters. The molecule has 1 aromatic heterocycles. The first-order chi connectivity index (χ1) is 10.6. The van der Waals surface area contributed by atoms with E-state index in [-0.39, 0.29) is 11.9 Å². The molecule has 22 heavy (non-hydrogen) atoms. The number of benzene rings is 1. The van der Waals surface area contributed by atoms with Crippen molar-refractivity contribution in [2.24, 2.45) is 0 Å². The molecule has 0 spiro atoms. The summed E-state index contributed by atoms with van der Waals surface area (Å²) in [5, 5.41) is 7.32. The van der Waals surface area contributed by atoms with E-state index < -0.39 is 0 Å². The maximum Gasteiger partial charge on any atom is 0.259 e. The molecule has 1 atom stereocenters. The van der Waals surface area contributed by atoms with Crippen LogP contribution in [0, 0.1) is 0 Å². The molecule has 0 aliphatic carbocycles. The van der Waals surface area contributed by atoms with Gasteiger partial charge in [-0.2, -0.15) is 5.10 Å². The summed E-state index contributed by atoms with van der Waals surface area (Å²) in [6.07, 6.45) is 1.89. The van der Waals surface area contributed by atoms with E-state index in [9.17, 15) is 4.79 Å². The average molecular weight is 303 g/mol. The van der Waals surface area contributed by atoms with Gasteiger partial charge in [-0.15, -0.1) is 0 Å². The molecular weight excluding hydrogens is 282 g/mol. The first-order valence-electron chi connectivity index (χ1n) is 7.15. The van der Waals surface area contributed by atoms with Gasteiger partial charge in [0.2, 0.25) is 0 Å². The molecule has 0 saturated carbocycles. The first kappa shape index (κ1) is 15.9. The summed E-state index contributed by atoms with van der Waals surface area (Å²) >= 11 is 0. The number of aryl methyl sites for hydroxylation is 1. The second-order valence-corrected chi connectivity index (χ2v) is 4.83. The van der Waals surface area contributed by atoms with Crippen molar-refractivity contribution in [2.45, 2.75) is 26.4 Å². The Morgan fingerprint density at radius 1 is 1.27 bits per heavy atom. The van der Waals surface area contributed by atoms with Crippen molar-refractivity contribution in [3.05, 3.63) is 41.7 Å². The van der Waals surface area contributed by atoms with Gasteiger partial charge in [0.25, 0.3) is 5.91 Å². The van der Waals surface area contributed by atoms with Gasteiger partial charge >= 0.3 is 0 Å². The molecule has 1 N–H and O–H groups in total. The lowest BCUT2D eigenvalue weighted by atomic mass is 10.1. The molecule has 118 valence electrons. The highest BCUT2D eigenvalue weighted by atomic mass is 16.5. The summed E-state index contributed by atoms with van der Waals surface area (Å²) in [4.78, 5) is 12.6. The highest BCUT2D eigenvalue weighted by Gasteiger charge is 2.21. The van der Waals surface area contributed by atoms with Gasteiger partial charge in [-0.1, -0.05) is 6.07 Å². The maximum atomic E-state index is 12.6. The number of hydrogen-bond acceptors (Lipinski definition) is 4. The smallest absolute Gasteiger partial charge is 0.259 e. The van der Waals surface area contributed by atoms with Crippen molar-refractivity contribution in [1.82, 2.24) is 15.1 Å². The standard InChI is InChI=1S/C16H21N3O3/c1-5-19-10-9-12(18-19)11(2)17-16(20)15-13(21-3)7-6-8-14(15)22-4/h6-11H,5H2,1-4H3,(H,17,20). The molecule has 6 nitrogen and oxygen atoms in total. The zero-order valence-corrected chi connectivity index (χ0v) is 13.3. The van der Waals surface area contributed by atoms with E-state index in [2.05, 4.69) is 10.4 Å². The van der Waals surface area contributed by atoms with Crippen LogP contribution in [0.15, 0.2) is 30.5 Å². The summed E-state index contributed by atoms with van der Waals surface area (Å²) in [7, 11) is 3.05. The SMILES string of the molecule is CCn1ccc(C(C)NC(=O)c2c(OC)cccc2OC)n1. The summed E-state index contributed by atoms with van der Waals surface area (Å²) in [6.45, 7) is 4.70. The van der Waals surface area contributed by atoms with Crippen LogP contribution in [0.1, 0.15) is 35.9 Å². The minimum atomic E-state index is -0.257. The van der Waals surface area contributed by atoms with E-state index in [0.29, 0.717) is 17.1 Å². The molecule has 2 aromatic rings. The molecule has 0 aliphatic heterocycles. The van der Waals surface area contributed by atoms with E-state index in [1.165, 1.54) is 14.2 Å². The van der Waals surface area contributed by atoms with Gasteiger partial charge in [-0.3, -0.25) is 9.48 Å². The minimum Gasteiger partial charge on any atom is -0.496 e. The highest BCUT2D eigenvalue weighted by molar-refractivity contribution is 5.99. The molecule has 6 heteroatoms. The number of nitrogens with zero attached hydrogens (tertiary/aromatic N) is 2. The van der Waals surface area contributed by atoms with E-state index >= 15 is 0 Å². The molecule has 0 saturated heterocycles. The quantitative estimate of drug-likeness (QED) is 0.890. The third-order valence-electron chi connectivity index (χ3n) is 3.43. The van der Waals surface area contributed by atoms with Gasteiger partial charge in [0.15, 0.2) is 0 Å². The van der Waals surface area contributed by atoms with Crippen LogP contribution in [0.25, 0.3) is 0 Å². The molecule has 1 amide bonds. The summed E-state index contributed by atoms with van der Waals surface area (Å²) in [5.41, 5.74) is 1.19. The summed E-state index contributed by atoms with van der Waals surface area (Å²) in [6, 6.07) is 6.92. The Kier molecular flexibility index (Phi) is 5.04. The predicted octanol–water partition coefficient (Wildman–Crippen LogP) is 2.41. The highest BCUT2D eigenvalue weighted by Crippen LogP contribution is 2.28. The minimum absolute atomic E-state index is 0.213. The number of methoxy groups -OCH3 is 2. The van der Waals surface area contributed by atoms with Crippen molar-refractivity contribution in [1.29, 1.82) is 0 Å². The van der Waals surface area contributed by atoms with E-state index in [1.807, 2.05) is 30.8 Å². The zero-order valence-electron chi connectivity index (χ0n) is 13.3. The molecule has 1 aromatic carbocycles. The number of hydrogen-bond donors (Lipinski definition) is 1. The van der Waals surface area contributed by atoms with E-state index in [1.54, 1.807) is 18.2 Å². The van der Waals surface area contributed by atoms with Gasteiger partial charge in [0.1, 0.15) is 17.1 Å². The Labute approximate surface area is 130 Å². The second kappa shape index (κ2) is 6.98. The lowest BCUT2D eigenvalue weighted by molar-refractivity contribution is 0.0932.